The van der Waals surface area contributed by atoms with Crippen LogP contribution in [0.1, 0.15) is 5.56 Å². The van der Waals surface area contributed by atoms with Crippen molar-refractivity contribution in [3.05, 3.63) is 57.0 Å². The van der Waals surface area contributed by atoms with E-state index in [9.17, 15) is 9.59 Å². The number of aryl methyl sites for hydroxylation is 2. The molecule has 1 amide bonds. The summed E-state index contributed by atoms with van der Waals surface area (Å²) < 4.78 is 2.97. The van der Waals surface area contributed by atoms with Crippen molar-refractivity contribution in [1.29, 1.82) is 0 Å². The van der Waals surface area contributed by atoms with Crippen LogP contribution < -0.4 is 10.9 Å². The second-order valence-corrected chi connectivity index (χ2v) is 7.49. The first-order chi connectivity index (χ1) is 13.4. The third-order valence-electron chi connectivity index (χ3n) is 4.27. The van der Waals surface area contributed by atoms with Crippen molar-refractivity contribution in [2.24, 2.45) is 7.05 Å². The molecule has 1 N–H and O–H groups in total. The maximum absolute atomic E-state index is 12.4. The van der Waals surface area contributed by atoms with E-state index in [4.69, 9.17) is 11.6 Å². The lowest BCUT2D eigenvalue weighted by Crippen LogP contribution is -2.20. The maximum atomic E-state index is 12.4. The Labute approximate surface area is 168 Å². The van der Waals surface area contributed by atoms with Crippen LogP contribution in [0.2, 0.25) is 5.02 Å². The van der Waals surface area contributed by atoms with Crippen molar-refractivity contribution in [3.63, 3.8) is 0 Å². The lowest BCUT2D eigenvalue weighted by molar-refractivity contribution is -0.116. The van der Waals surface area contributed by atoms with Gasteiger partial charge in [0.2, 0.25) is 5.91 Å². The van der Waals surface area contributed by atoms with Gasteiger partial charge in [0.1, 0.15) is 6.54 Å². The van der Waals surface area contributed by atoms with Crippen molar-refractivity contribution < 1.29 is 4.79 Å². The van der Waals surface area contributed by atoms with E-state index in [0.717, 1.165) is 16.8 Å². The number of nitrogens with one attached hydrogen (secondary N) is 1. The van der Waals surface area contributed by atoms with E-state index < -0.39 is 0 Å². The van der Waals surface area contributed by atoms with Gasteiger partial charge in [-0.05, 0) is 18.6 Å². The Kier molecular flexibility index (Phi) is 4.70. The standard InChI is InChI=1S/C18H15ClN6O2S/c1-10-3-4-11(5-12(10)19)13-8-28-18(22-13)23-14(26)7-25-9-21-16-17(25)20-6-15(27)24(16)2/h3-6,8-9H,7H2,1-2H3,(H,22,23,26). The summed E-state index contributed by atoms with van der Waals surface area (Å²) >= 11 is 7.50. The smallest absolute Gasteiger partial charge is 0.270 e. The fourth-order valence-electron chi connectivity index (χ4n) is 2.69. The Morgan fingerprint density at radius 3 is 2.89 bits per heavy atom. The highest BCUT2D eigenvalue weighted by Gasteiger charge is 2.13. The van der Waals surface area contributed by atoms with E-state index >= 15 is 0 Å². The highest BCUT2D eigenvalue weighted by Crippen LogP contribution is 2.28. The average Bonchev–Trinajstić information content (AvgIpc) is 3.28. The Hall–Kier alpha value is -3.04. The molecule has 0 saturated carbocycles. The van der Waals surface area contributed by atoms with E-state index in [0.29, 0.717) is 21.4 Å². The Balaban J connectivity index is 1.50. The predicted octanol–water partition coefficient (Wildman–Crippen LogP) is 2.85. The summed E-state index contributed by atoms with van der Waals surface area (Å²) in [4.78, 5) is 36.7. The predicted molar refractivity (Wildman–Crippen MR) is 109 cm³/mol. The van der Waals surface area contributed by atoms with Gasteiger partial charge in [-0.25, -0.2) is 15.0 Å². The highest BCUT2D eigenvalue weighted by molar-refractivity contribution is 7.14. The molecule has 4 aromatic rings. The summed E-state index contributed by atoms with van der Waals surface area (Å²) in [7, 11) is 1.61. The second kappa shape index (κ2) is 7.17. The van der Waals surface area contributed by atoms with E-state index in [2.05, 4.69) is 20.3 Å². The summed E-state index contributed by atoms with van der Waals surface area (Å²) in [5.74, 6) is -0.266. The molecule has 0 spiro atoms. The number of hydrogen-bond donors (Lipinski definition) is 1. The molecule has 0 atom stereocenters. The fourth-order valence-corrected chi connectivity index (χ4v) is 3.60. The number of benzene rings is 1. The highest BCUT2D eigenvalue weighted by atomic mass is 35.5. The molecule has 0 aliphatic rings. The molecule has 0 unspecified atom stereocenters. The van der Waals surface area contributed by atoms with Crippen LogP contribution >= 0.6 is 22.9 Å². The zero-order valence-electron chi connectivity index (χ0n) is 15.0. The van der Waals surface area contributed by atoms with Crippen molar-refractivity contribution in [2.75, 3.05) is 5.32 Å². The van der Waals surface area contributed by atoms with Crippen LogP contribution in [0.3, 0.4) is 0 Å². The number of aromatic nitrogens is 5. The topological polar surface area (TPSA) is 94.7 Å². The first kappa shape index (κ1) is 18.3. The molecule has 8 nitrogen and oxygen atoms in total. The lowest BCUT2D eigenvalue weighted by atomic mass is 10.1. The molecule has 0 saturated heterocycles. The second-order valence-electron chi connectivity index (χ2n) is 6.23. The van der Waals surface area contributed by atoms with Gasteiger partial charge in [-0.1, -0.05) is 23.7 Å². The fraction of sp³-hybridized carbons (Fsp3) is 0.167. The van der Waals surface area contributed by atoms with Crippen LogP contribution in [0.25, 0.3) is 22.6 Å². The van der Waals surface area contributed by atoms with Crippen molar-refractivity contribution in [3.8, 4) is 11.3 Å². The molecule has 28 heavy (non-hydrogen) atoms. The molecular formula is C18H15ClN6O2S. The summed E-state index contributed by atoms with van der Waals surface area (Å²) in [6, 6.07) is 5.72. The molecule has 0 fully saturated rings. The van der Waals surface area contributed by atoms with Crippen LogP contribution in [-0.2, 0) is 18.4 Å². The third-order valence-corrected chi connectivity index (χ3v) is 5.43. The summed E-state index contributed by atoms with van der Waals surface area (Å²) in [5, 5.41) is 5.80. The van der Waals surface area contributed by atoms with Crippen LogP contribution in [0.5, 0.6) is 0 Å². The molecule has 4 rings (SSSR count). The van der Waals surface area contributed by atoms with Gasteiger partial charge < -0.3 is 9.88 Å². The molecule has 0 aliphatic carbocycles. The van der Waals surface area contributed by atoms with Gasteiger partial charge >= 0.3 is 0 Å². The minimum atomic E-state index is -0.266. The van der Waals surface area contributed by atoms with E-state index in [-0.39, 0.29) is 18.0 Å². The number of carbonyl (C=O) groups is 1. The van der Waals surface area contributed by atoms with Gasteiger partial charge in [-0.2, -0.15) is 0 Å². The molecule has 142 valence electrons. The van der Waals surface area contributed by atoms with Crippen molar-refractivity contribution in [1.82, 2.24) is 24.1 Å². The van der Waals surface area contributed by atoms with Gasteiger partial charge in [0, 0.05) is 23.0 Å². The number of rotatable bonds is 4. The molecular weight excluding hydrogens is 400 g/mol. The largest absolute Gasteiger partial charge is 0.304 e. The van der Waals surface area contributed by atoms with Crippen LogP contribution in [0.4, 0.5) is 5.13 Å². The maximum Gasteiger partial charge on any atom is 0.270 e. The Morgan fingerprint density at radius 1 is 1.29 bits per heavy atom. The SMILES string of the molecule is Cc1ccc(-c2csc(NC(=O)Cn3cnc4c3ncc(=O)n4C)n2)cc1Cl. The minimum absolute atomic E-state index is 0.00692. The molecule has 0 bridgehead atoms. The van der Waals surface area contributed by atoms with Crippen LogP contribution in [0, 0.1) is 6.92 Å². The lowest BCUT2D eigenvalue weighted by Gasteiger charge is -2.04. The van der Waals surface area contributed by atoms with Gasteiger partial charge in [-0.15, -0.1) is 11.3 Å². The molecule has 1 aromatic carbocycles. The van der Waals surface area contributed by atoms with Gasteiger partial charge in [0.05, 0.1) is 18.2 Å². The molecule has 10 heteroatoms. The zero-order chi connectivity index (χ0) is 19.8. The van der Waals surface area contributed by atoms with E-state index in [1.807, 2.05) is 30.5 Å². The molecule has 3 heterocycles. The summed E-state index contributed by atoms with van der Waals surface area (Å²) in [6.45, 7) is 1.94. The number of halogens is 1. The first-order valence-electron chi connectivity index (χ1n) is 8.31. The number of hydrogen-bond acceptors (Lipinski definition) is 6. The van der Waals surface area contributed by atoms with Crippen molar-refractivity contribution >= 4 is 45.3 Å². The zero-order valence-corrected chi connectivity index (χ0v) is 16.6. The summed E-state index contributed by atoms with van der Waals surface area (Å²) in [6.07, 6.45) is 2.69. The van der Waals surface area contributed by atoms with Gasteiger partial charge in [-0.3, -0.25) is 14.2 Å². The minimum Gasteiger partial charge on any atom is -0.304 e. The summed E-state index contributed by atoms with van der Waals surface area (Å²) in [5.41, 5.74) is 3.26. The van der Waals surface area contributed by atoms with Gasteiger partial charge in [0.25, 0.3) is 5.56 Å². The number of carbonyl (C=O) groups excluding carboxylic acids is 1. The molecule has 3 aromatic heterocycles. The number of fused-ring (bicyclic) bond motifs is 1. The van der Waals surface area contributed by atoms with E-state index in [1.54, 1.807) is 11.6 Å². The number of thiazole rings is 1. The van der Waals surface area contributed by atoms with Crippen molar-refractivity contribution in [2.45, 2.75) is 13.5 Å². The number of anilines is 1. The Morgan fingerprint density at radius 2 is 2.11 bits per heavy atom. The Bertz CT molecular complexity index is 1260. The molecule has 0 radical (unpaired) electrons. The third kappa shape index (κ3) is 3.41. The number of imidazole rings is 1. The van der Waals surface area contributed by atoms with Gasteiger partial charge in [0.15, 0.2) is 16.4 Å². The normalized spacial score (nSPS) is 11.1. The van der Waals surface area contributed by atoms with Crippen LogP contribution in [-0.4, -0.2) is 30.0 Å². The average molecular weight is 415 g/mol. The van der Waals surface area contributed by atoms with E-state index in [1.165, 1.54) is 28.4 Å². The number of nitrogens with zero attached hydrogens (tertiary/aromatic N) is 5. The monoisotopic (exact) mass is 414 g/mol. The number of amides is 1. The first-order valence-corrected chi connectivity index (χ1v) is 9.57. The quantitative estimate of drug-likeness (QED) is 0.554. The van der Waals surface area contributed by atoms with Crippen LogP contribution in [0.15, 0.2) is 40.9 Å². The molecule has 0 aliphatic heterocycles.